The van der Waals surface area contributed by atoms with Gasteiger partial charge in [0.2, 0.25) is 0 Å². The molecule has 0 unspecified atom stereocenters. The quantitative estimate of drug-likeness (QED) is 0.385. The smallest absolute Gasteiger partial charge is 0.545 e. The molecule has 0 bridgehead atoms. The number of phenols is 1. The van der Waals surface area contributed by atoms with E-state index >= 15 is 0 Å². The molecule has 0 spiro atoms. The van der Waals surface area contributed by atoms with Crippen LogP contribution in [-0.2, 0) is 4.79 Å². The van der Waals surface area contributed by atoms with Gasteiger partial charge >= 0.3 is 35.5 Å². The Balaban J connectivity index is 0.00000324. The number of carbonyl (C=O) groups excluding carboxylic acids is 2. The van der Waals surface area contributed by atoms with Crippen LogP contribution in [0.25, 0.3) is 0 Å². The number of carboxylic acids is 1. The second kappa shape index (κ2) is 8.19. The maximum Gasteiger partial charge on any atom is 1.00 e. The Kier molecular flexibility index (Phi) is 7.75. The zero-order chi connectivity index (χ0) is 13.7. The van der Waals surface area contributed by atoms with Gasteiger partial charge in [-0.05, 0) is 31.0 Å². The fourth-order valence-corrected chi connectivity index (χ4v) is 1.56. The van der Waals surface area contributed by atoms with Crippen LogP contribution in [0.3, 0.4) is 0 Å². The minimum atomic E-state index is -1.52. The average Bonchev–Trinajstić information content (AvgIpc) is 2.32. The van der Waals surface area contributed by atoms with Crippen molar-refractivity contribution in [3.8, 4) is 11.5 Å². The van der Waals surface area contributed by atoms with Crippen molar-refractivity contribution >= 4 is 11.9 Å². The summed E-state index contributed by atoms with van der Waals surface area (Å²) in [6.07, 6.45) is 1.31. The van der Waals surface area contributed by atoms with E-state index in [9.17, 15) is 19.8 Å². The number of carbonyl (C=O) groups is 2. The molecule has 0 amide bonds. The van der Waals surface area contributed by atoms with Crippen LogP contribution in [0.15, 0.2) is 18.2 Å². The topological polar surface area (TPSA) is 86.7 Å². The van der Waals surface area contributed by atoms with E-state index in [-0.39, 0.29) is 41.2 Å². The normalized spacial score (nSPS) is 9.84. The van der Waals surface area contributed by atoms with E-state index in [1.54, 1.807) is 0 Å². The van der Waals surface area contributed by atoms with Gasteiger partial charge in [-0.3, -0.25) is 4.79 Å². The zero-order valence-corrected chi connectivity index (χ0v) is 13.3. The van der Waals surface area contributed by atoms with Gasteiger partial charge in [0.25, 0.3) is 0 Å². The summed E-state index contributed by atoms with van der Waals surface area (Å²) in [5.74, 6) is -2.48. The molecule has 1 N–H and O–H groups in total. The Hall–Kier alpha value is -1.04. The molecule has 5 nitrogen and oxygen atoms in total. The van der Waals surface area contributed by atoms with Gasteiger partial charge in [-0.2, -0.15) is 0 Å². The van der Waals surface area contributed by atoms with E-state index in [2.05, 4.69) is 0 Å². The molecule has 0 saturated heterocycles. The van der Waals surface area contributed by atoms with Gasteiger partial charge in [-0.25, -0.2) is 0 Å². The van der Waals surface area contributed by atoms with Crippen molar-refractivity contribution in [1.82, 2.24) is 0 Å². The van der Waals surface area contributed by atoms with Crippen LogP contribution in [0.4, 0.5) is 0 Å². The molecule has 0 aliphatic heterocycles. The van der Waals surface area contributed by atoms with Crippen LogP contribution in [0, 0.1) is 5.92 Å². The number of rotatable bonds is 5. The summed E-state index contributed by atoms with van der Waals surface area (Å²) in [5, 5.41) is 20.0. The minimum absolute atomic E-state index is 0. The molecule has 98 valence electrons. The number of esters is 1. The second-order valence-electron chi connectivity index (χ2n) is 3.90. The van der Waals surface area contributed by atoms with Crippen molar-refractivity contribution in [2.24, 2.45) is 5.92 Å². The van der Waals surface area contributed by atoms with Crippen LogP contribution in [-0.4, -0.2) is 17.0 Å². The minimum Gasteiger partial charge on any atom is -0.545 e. The number of ether oxygens (including phenoxy) is 1. The Labute approximate surface area is 133 Å². The fraction of sp³-hybridized carbons (Fsp3) is 0.385. The average molecular weight is 274 g/mol. The first kappa shape index (κ1) is 18.0. The van der Waals surface area contributed by atoms with E-state index < -0.39 is 23.3 Å². The van der Waals surface area contributed by atoms with Gasteiger partial charge < -0.3 is 19.7 Å². The summed E-state index contributed by atoms with van der Waals surface area (Å²) in [6, 6.07) is 3.56. The number of hydrogen-bond donors (Lipinski definition) is 1. The third-order valence-corrected chi connectivity index (χ3v) is 2.73. The molecular formula is C13H15NaO5. The molecule has 0 aromatic heterocycles. The Morgan fingerprint density at radius 2 is 1.89 bits per heavy atom. The Morgan fingerprint density at radius 1 is 1.32 bits per heavy atom. The van der Waals surface area contributed by atoms with Crippen molar-refractivity contribution < 1.29 is 54.1 Å². The van der Waals surface area contributed by atoms with Crippen molar-refractivity contribution in [2.75, 3.05) is 0 Å². The van der Waals surface area contributed by atoms with Gasteiger partial charge in [0, 0.05) is 5.56 Å². The van der Waals surface area contributed by atoms with E-state index in [4.69, 9.17) is 4.74 Å². The molecule has 6 heteroatoms. The van der Waals surface area contributed by atoms with Crippen molar-refractivity contribution in [3.05, 3.63) is 23.8 Å². The molecule has 0 heterocycles. The maximum atomic E-state index is 11.7. The molecule has 0 fully saturated rings. The number of benzene rings is 1. The largest absolute Gasteiger partial charge is 1.00 e. The van der Waals surface area contributed by atoms with Gasteiger partial charge in [0.1, 0.15) is 11.5 Å². The van der Waals surface area contributed by atoms with Crippen LogP contribution in [0.2, 0.25) is 0 Å². The Bertz CT molecular complexity index is 454. The molecule has 0 atom stereocenters. The first-order valence-electron chi connectivity index (χ1n) is 5.75. The molecule has 0 radical (unpaired) electrons. The monoisotopic (exact) mass is 274 g/mol. The molecule has 0 aliphatic carbocycles. The maximum absolute atomic E-state index is 11.7. The van der Waals surface area contributed by atoms with Gasteiger partial charge in [0.05, 0.1) is 11.9 Å². The Morgan fingerprint density at radius 3 is 2.37 bits per heavy atom. The number of hydrogen-bond acceptors (Lipinski definition) is 5. The van der Waals surface area contributed by atoms with E-state index in [1.807, 2.05) is 13.8 Å². The van der Waals surface area contributed by atoms with Crippen LogP contribution >= 0.6 is 0 Å². The number of carboxylic acid groups (broad SMARTS) is 1. The number of aromatic carboxylic acids is 1. The van der Waals surface area contributed by atoms with Crippen LogP contribution in [0.5, 0.6) is 11.5 Å². The summed E-state index contributed by atoms with van der Waals surface area (Å²) in [6.45, 7) is 3.75. The van der Waals surface area contributed by atoms with E-state index in [0.29, 0.717) is 12.8 Å². The van der Waals surface area contributed by atoms with Crippen molar-refractivity contribution in [1.29, 1.82) is 0 Å². The predicted octanol–water partition coefficient (Wildman–Crippen LogP) is -1.90. The molecule has 19 heavy (non-hydrogen) atoms. The first-order chi connectivity index (χ1) is 8.49. The summed E-state index contributed by atoms with van der Waals surface area (Å²) in [7, 11) is 0. The molecule has 0 aliphatic rings. The SMILES string of the molecule is CCC(CC)C(=O)Oc1ccc(O)c(C(=O)[O-])c1.[Na+]. The summed E-state index contributed by atoms with van der Waals surface area (Å²) in [4.78, 5) is 22.4. The third-order valence-electron chi connectivity index (χ3n) is 2.73. The fourth-order valence-electron chi connectivity index (χ4n) is 1.56. The van der Waals surface area contributed by atoms with Crippen molar-refractivity contribution in [2.45, 2.75) is 26.7 Å². The van der Waals surface area contributed by atoms with Crippen LogP contribution in [0.1, 0.15) is 37.0 Å². The molecule has 1 rings (SSSR count). The van der Waals surface area contributed by atoms with Crippen molar-refractivity contribution in [3.63, 3.8) is 0 Å². The zero-order valence-electron chi connectivity index (χ0n) is 11.3. The molecule has 1 aromatic rings. The van der Waals surface area contributed by atoms with Gasteiger partial charge in [-0.15, -0.1) is 0 Å². The van der Waals surface area contributed by atoms with E-state index in [0.717, 1.165) is 12.1 Å². The second-order valence-corrected chi connectivity index (χ2v) is 3.90. The number of aromatic hydroxyl groups is 1. The summed E-state index contributed by atoms with van der Waals surface area (Å²) < 4.78 is 5.06. The third kappa shape index (κ3) is 4.86. The predicted molar refractivity (Wildman–Crippen MR) is 62.1 cm³/mol. The molecule has 0 saturated carbocycles. The van der Waals surface area contributed by atoms with Gasteiger partial charge in [-0.1, -0.05) is 13.8 Å². The van der Waals surface area contributed by atoms with Crippen LogP contribution < -0.4 is 39.4 Å². The molecular weight excluding hydrogens is 259 g/mol. The molecule has 1 aromatic carbocycles. The first-order valence-corrected chi connectivity index (χ1v) is 5.75. The van der Waals surface area contributed by atoms with Gasteiger partial charge in [0.15, 0.2) is 0 Å². The standard InChI is InChI=1S/C13H16O5.Na/c1-3-8(4-2)13(17)18-9-5-6-11(14)10(7-9)12(15)16;/h5-8,14H,3-4H2,1-2H3,(H,15,16);/q;+1/p-1. The summed E-state index contributed by atoms with van der Waals surface area (Å²) >= 11 is 0. The summed E-state index contributed by atoms with van der Waals surface area (Å²) in [5.41, 5.74) is -0.398. The van der Waals surface area contributed by atoms with E-state index in [1.165, 1.54) is 6.07 Å².